The highest BCUT2D eigenvalue weighted by Crippen LogP contribution is 2.25. The molecule has 0 aromatic carbocycles. The molecule has 16 heavy (non-hydrogen) atoms. The molecule has 0 N–H and O–H groups in total. The molecule has 0 saturated carbocycles. The monoisotopic (exact) mass is 224 g/mol. The van der Waals surface area contributed by atoms with Gasteiger partial charge in [0.15, 0.2) is 0 Å². The molecule has 1 atom stereocenters. The maximum absolute atomic E-state index is 2.73. The second kappa shape index (κ2) is 6.61. The molecule has 2 heteroatoms. The first-order chi connectivity index (χ1) is 7.92. The number of unbranched alkanes of at least 4 members (excludes halogenated alkanes) is 2. The molecule has 2 fully saturated rings. The highest BCUT2D eigenvalue weighted by atomic mass is 15.6. The molecule has 0 aromatic heterocycles. The third-order valence-electron chi connectivity index (χ3n) is 4.18. The van der Waals surface area contributed by atoms with Crippen molar-refractivity contribution < 1.29 is 0 Å². The molecule has 2 nitrogen and oxygen atoms in total. The quantitative estimate of drug-likeness (QED) is 0.660. The van der Waals surface area contributed by atoms with Crippen LogP contribution >= 0.6 is 0 Å². The van der Waals surface area contributed by atoms with Crippen molar-refractivity contribution in [2.24, 2.45) is 0 Å². The zero-order valence-corrected chi connectivity index (χ0v) is 11.0. The Balaban J connectivity index is 1.81. The van der Waals surface area contributed by atoms with Crippen LogP contribution in [0.15, 0.2) is 0 Å². The minimum atomic E-state index is 0.874. The highest BCUT2D eigenvalue weighted by molar-refractivity contribution is 4.77. The molecule has 0 bridgehead atoms. The van der Waals surface area contributed by atoms with Gasteiger partial charge in [-0.1, -0.05) is 32.6 Å². The Labute approximate surface area is 101 Å². The summed E-state index contributed by atoms with van der Waals surface area (Å²) < 4.78 is 0. The fourth-order valence-corrected chi connectivity index (χ4v) is 3.24. The second-order valence-corrected chi connectivity index (χ2v) is 5.47. The summed E-state index contributed by atoms with van der Waals surface area (Å²) in [5.74, 6) is 0. The lowest BCUT2D eigenvalue weighted by Gasteiger charge is -2.41. The van der Waals surface area contributed by atoms with Gasteiger partial charge >= 0.3 is 0 Å². The van der Waals surface area contributed by atoms with Gasteiger partial charge in [0, 0.05) is 25.7 Å². The summed E-state index contributed by atoms with van der Waals surface area (Å²) in [6.45, 7) is 6.28. The Hall–Kier alpha value is -0.0800. The van der Waals surface area contributed by atoms with Crippen LogP contribution in [0.4, 0.5) is 0 Å². The lowest BCUT2D eigenvalue weighted by Crippen LogP contribution is -2.49. The Kier molecular flexibility index (Phi) is 5.11. The lowest BCUT2D eigenvalue weighted by molar-refractivity contribution is -0.0645. The van der Waals surface area contributed by atoms with E-state index in [-0.39, 0.29) is 0 Å². The van der Waals surface area contributed by atoms with Gasteiger partial charge in [-0.15, -0.1) is 0 Å². The summed E-state index contributed by atoms with van der Waals surface area (Å²) in [4.78, 5) is 0. The molecule has 0 aliphatic carbocycles. The van der Waals surface area contributed by atoms with Gasteiger partial charge in [-0.05, 0) is 32.1 Å². The number of hydrogen-bond donors (Lipinski definition) is 0. The van der Waals surface area contributed by atoms with E-state index in [0.717, 1.165) is 6.04 Å². The van der Waals surface area contributed by atoms with Crippen LogP contribution in [0, 0.1) is 0 Å². The third-order valence-corrected chi connectivity index (χ3v) is 4.18. The van der Waals surface area contributed by atoms with Crippen LogP contribution in [0.1, 0.15) is 64.7 Å². The third kappa shape index (κ3) is 3.21. The molecular weight excluding hydrogens is 196 g/mol. The fourth-order valence-electron chi connectivity index (χ4n) is 3.24. The minimum Gasteiger partial charge on any atom is -0.242 e. The highest BCUT2D eigenvalue weighted by Gasteiger charge is 2.28. The smallest absolute Gasteiger partial charge is 0.0245 e. The van der Waals surface area contributed by atoms with E-state index >= 15 is 0 Å². The Bertz CT molecular complexity index is 187. The van der Waals surface area contributed by atoms with Crippen molar-refractivity contribution in [3.8, 4) is 0 Å². The molecular formula is C14H28N2. The van der Waals surface area contributed by atoms with Gasteiger partial charge in [-0.25, -0.2) is 10.0 Å². The maximum Gasteiger partial charge on any atom is 0.0245 e. The van der Waals surface area contributed by atoms with Gasteiger partial charge in [0.25, 0.3) is 0 Å². The average molecular weight is 224 g/mol. The van der Waals surface area contributed by atoms with E-state index in [4.69, 9.17) is 0 Å². The molecule has 2 rings (SSSR count). The topological polar surface area (TPSA) is 6.48 Å². The molecule has 1 unspecified atom stereocenters. The van der Waals surface area contributed by atoms with Crippen LogP contribution in [0.5, 0.6) is 0 Å². The molecule has 0 radical (unpaired) electrons. The van der Waals surface area contributed by atoms with Crippen LogP contribution in [0.2, 0.25) is 0 Å². The van der Waals surface area contributed by atoms with Crippen molar-refractivity contribution in [3.05, 3.63) is 0 Å². The molecule has 2 aliphatic rings. The SMILES string of the molecule is CCCCCC1CCCCN1N1CCCC1. The van der Waals surface area contributed by atoms with Crippen LogP contribution in [0.25, 0.3) is 0 Å². The van der Waals surface area contributed by atoms with Crippen molar-refractivity contribution in [1.82, 2.24) is 10.0 Å². The summed E-state index contributed by atoms with van der Waals surface area (Å²) in [6, 6.07) is 0.874. The van der Waals surface area contributed by atoms with Crippen molar-refractivity contribution >= 4 is 0 Å². The number of nitrogens with zero attached hydrogens (tertiary/aromatic N) is 2. The Morgan fingerprint density at radius 2 is 1.69 bits per heavy atom. The van der Waals surface area contributed by atoms with E-state index < -0.39 is 0 Å². The van der Waals surface area contributed by atoms with Crippen LogP contribution < -0.4 is 0 Å². The zero-order chi connectivity index (χ0) is 11.2. The van der Waals surface area contributed by atoms with E-state index in [1.807, 2.05) is 0 Å². The van der Waals surface area contributed by atoms with Gasteiger partial charge in [0.05, 0.1) is 0 Å². The largest absolute Gasteiger partial charge is 0.242 e. The van der Waals surface area contributed by atoms with Crippen LogP contribution in [-0.4, -0.2) is 35.7 Å². The number of rotatable bonds is 5. The molecule has 2 aliphatic heterocycles. The second-order valence-electron chi connectivity index (χ2n) is 5.47. The summed E-state index contributed by atoms with van der Waals surface area (Å²) >= 11 is 0. The summed E-state index contributed by atoms with van der Waals surface area (Å²) in [7, 11) is 0. The van der Waals surface area contributed by atoms with E-state index in [0.29, 0.717) is 0 Å². The van der Waals surface area contributed by atoms with E-state index in [2.05, 4.69) is 16.9 Å². The fraction of sp³-hybridized carbons (Fsp3) is 1.00. The Morgan fingerprint density at radius 1 is 0.938 bits per heavy atom. The average Bonchev–Trinajstić information content (AvgIpc) is 2.83. The molecule has 2 saturated heterocycles. The first kappa shape index (κ1) is 12.4. The molecule has 0 spiro atoms. The van der Waals surface area contributed by atoms with Gasteiger partial charge in [0.1, 0.15) is 0 Å². The van der Waals surface area contributed by atoms with E-state index in [1.165, 1.54) is 77.4 Å². The van der Waals surface area contributed by atoms with Gasteiger partial charge in [-0.3, -0.25) is 0 Å². The predicted molar refractivity (Wildman–Crippen MR) is 69.3 cm³/mol. The predicted octanol–water partition coefficient (Wildman–Crippen LogP) is 3.43. The zero-order valence-electron chi connectivity index (χ0n) is 11.0. The van der Waals surface area contributed by atoms with Gasteiger partial charge in [0.2, 0.25) is 0 Å². The van der Waals surface area contributed by atoms with Crippen LogP contribution in [-0.2, 0) is 0 Å². The van der Waals surface area contributed by atoms with Crippen LogP contribution in [0.3, 0.4) is 0 Å². The summed E-state index contributed by atoms with van der Waals surface area (Å²) in [5, 5.41) is 5.38. The molecule has 0 amide bonds. The Morgan fingerprint density at radius 3 is 2.44 bits per heavy atom. The number of piperidine rings is 1. The first-order valence-corrected chi connectivity index (χ1v) is 7.43. The minimum absolute atomic E-state index is 0.874. The van der Waals surface area contributed by atoms with E-state index in [9.17, 15) is 0 Å². The van der Waals surface area contributed by atoms with Crippen molar-refractivity contribution in [2.45, 2.75) is 70.8 Å². The number of hydrogen-bond acceptors (Lipinski definition) is 2. The number of hydrazine groups is 1. The van der Waals surface area contributed by atoms with E-state index in [1.54, 1.807) is 0 Å². The summed E-state index contributed by atoms with van der Waals surface area (Å²) in [5.41, 5.74) is 0. The van der Waals surface area contributed by atoms with Crippen molar-refractivity contribution in [3.63, 3.8) is 0 Å². The first-order valence-electron chi connectivity index (χ1n) is 7.43. The molecule has 2 heterocycles. The van der Waals surface area contributed by atoms with Gasteiger partial charge < -0.3 is 0 Å². The van der Waals surface area contributed by atoms with Gasteiger partial charge in [-0.2, -0.15) is 0 Å². The van der Waals surface area contributed by atoms with Crippen molar-refractivity contribution in [1.29, 1.82) is 0 Å². The summed E-state index contributed by atoms with van der Waals surface area (Å²) in [6.07, 6.45) is 12.8. The standard InChI is InChI=1S/C14H28N2/c1-2-3-4-9-14-10-5-6-13-16(14)15-11-7-8-12-15/h14H,2-13H2,1H3. The normalized spacial score (nSPS) is 28.7. The molecule has 94 valence electrons. The maximum atomic E-state index is 2.73. The lowest BCUT2D eigenvalue weighted by atomic mass is 9.98. The molecule has 0 aromatic rings. The van der Waals surface area contributed by atoms with Crippen molar-refractivity contribution in [2.75, 3.05) is 19.6 Å².